The Balaban J connectivity index is 2.81. The van der Waals surface area contributed by atoms with Crippen molar-refractivity contribution in [3.63, 3.8) is 0 Å². The van der Waals surface area contributed by atoms with Gasteiger partial charge >= 0.3 is 0 Å². The highest BCUT2D eigenvalue weighted by molar-refractivity contribution is 5.97. The molecule has 1 aromatic carbocycles. The van der Waals surface area contributed by atoms with Gasteiger partial charge in [-0.25, -0.2) is 0 Å². The molecular formula is C13H19NO. The lowest BCUT2D eigenvalue weighted by Crippen LogP contribution is -2.15. The fourth-order valence-electron chi connectivity index (χ4n) is 1.61. The molecule has 0 aromatic heterocycles. The van der Waals surface area contributed by atoms with E-state index in [1.807, 2.05) is 31.2 Å². The first-order valence-corrected chi connectivity index (χ1v) is 5.52. The maximum atomic E-state index is 11.9. The lowest BCUT2D eigenvalue weighted by molar-refractivity contribution is 0.0925. The molecule has 0 saturated heterocycles. The normalized spacial score (nSPS) is 12.5. The van der Waals surface area contributed by atoms with Crippen LogP contribution in [0.5, 0.6) is 0 Å². The van der Waals surface area contributed by atoms with Crippen molar-refractivity contribution in [2.75, 3.05) is 6.54 Å². The van der Waals surface area contributed by atoms with Gasteiger partial charge in [-0.3, -0.25) is 4.79 Å². The third-order valence-corrected chi connectivity index (χ3v) is 2.67. The van der Waals surface area contributed by atoms with Crippen LogP contribution < -0.4 is 5.73 Å². The number of carbonyl (C=O) groups excluding carboxylic acids is 1. The molecule has 0 heterocycles. The SMILES string of the molecule is CCc1cccc(C(=O)C(C)CCN)c1. The van der Waals surface area contributed by atoms with Crippen LogP contribution in [0, 0.1) is 5.92 Å². The summed E-state index contributed by atoms with van der Waals surface area (Å²) in [5, 5.41) is 0. The van der Waals surface area contributed by atoms with Gasteiger partial charge in [0.15, 0.2) is 5.78 Å². The monoisotopic (exact) mass is 205 g/mol. The predicted molar refractivity (Wildman–Crippen MR) is 63.0 cm³/mol. The van der Waals surface area contributed by atoms with Crippen LogP contribution in [0.1, 0.15) is 36.2 Å². The molecule has 0 spiro atoms. The van der Waals surface area contributed by atoms with Crippen LogP contribution in [0.25, 0.3) is 0 Å². The minimum Gasteiger partial charge on any atom is -0.330 e. The van der Waals surface area contributed by atoms with E-state index in [4.69, 9.17) is 5.73 Å². The van der Waals surface area contributed by atoms with E-state index in [1.165, 1.54) is 5.56 Å². The summed E-state index contributed by atoms with van der Waals surface area (Å²) in [7, 11) is 0. The number of hydrogen-bond acceptors (Lipinski definition) is 2. The van der Waals surface area contributed by atoms with Crippen LogP contribution in [-0.4, -0.2) is 12.3 Å². The number of aryl methyl sites for hydroxylation is 1. The van der Waals surface area contributed by atoms with E-state index >= 15 is 0 Å². The van der Waals surface area contributed by atoms with Gasteiger partial charge < -0.3 is 5.73 Å². The molecule has 1 unspecified atom stereocenters. The number of ketones is 1. The maximum Gasteiger partial charge on any atom is 0.165 e. The molecule has 0 aliphatic rings. The topological polar surface area (TPSA) is 43.1 Å². The minimum atomic E-state index is 0.0297. The van der Waals surface area contributed by atoms with Crippen molar-refractivity contribution < 1.29 is 4.79 Å². The zero-order valence-electron chi connectivity index (χ0n) is 9.49. The molecule has 1 atom stereocenters. The third-order valence-electron chi connectivity index (χ3n) is 2.67. The van der Waals surface area contributed by atoms with Crippen molar-refractivity contribution in [2.45, 2.75) is 26.7 Å². The summed E-state index contributed by atoms with van der Waals surface area (Å²) in [5.74, 6) is 0.234. The van der Waals surface area contributed by atoms with E-state index in [0.29, 0.717) is 6.54 Å². The standard InChI is InChI=1S/C13H19NO/c1-3-11-5-4-6-12(9-11)13(15)10(2)7-8-14/h4-6,9-10H,3,7-8,14H2,1-2H3. The van der Waals surface area contributed by atoms with Crippen LogP contribution in [0.15, 0.2) is 24.3 Å². The zero-order chi connectivity index (χ0) is 11.3. The molecule has 0 saturated carbocycles. The molecule has 0 fully saturated rings. The largest absolute Gasteiger partial charge is 0.330 e. The summed E-state index contributed by atoms with van der Waals surface area (Å²) >= 11 is 0. The Hall–Kier alpha value is -1.15. The van der Waals surface area contributed by atoms with Gasteiger partial charge in [0.05, 0.1) is 0 Å². The zero-order valence-corrected chi connectivity index (χ0v) is 9.49. The van der Waals surface area contributed by atoms with E-state index in [0.717, 1.165) is 18.4 Å². The first kappa shape index (κ1) is 11.9. The van der Waals surface area contributed by atoms with Crippen molar-refractivity contribution in [2.24, 2.45) is 11.7 Å². The molecule has 0 amide bonds. The van der Waals surface area contributed by atoms with Crippen molar-refractivity contribution in [3.05, 3.63) is 35.4 Å². The first-order chi connectivity index (χ1) is 7.19. The summed E-state index contributed by atoms with van der Waals surface area (Å²) in [6.07, 6.45) is 1.72. The molecule has 0 bridgehead atoms. The molecule has 82 valence electrons. The van der Waals surface area contributed by atoms with Gasteiger partial charge in [-0.1, -0.05) is 32.0 Å². The lowest BCUT2D eigenvalue weighted by Gasteiger charge is -2.09. The van der Waals surface area contributed by atoms with Crippen molar-refractivity contribution >= 4 is 5.78 Å². The Morgan fingerprint density at radius 1 is 1.47 bits per heavy atom. The lowest BCUT2D eigenvalue weighted by atomic mass is 9.95. The van der Waals surface area contributed by atoms with Gasteiger partial charge in [0.1, 0.15) is 0 Å². The molecule has 0 aliphatic heterocycles. The highest BCUT2D eigenvalue weighted by Gasteiger charge is 2.14. The Morgan fingerprint density at radius 2 is 2.20 bits per heavy atom. The maximum absolute atomic E-state index is 11.9. The van der Waals surface area contributed by atoms with Gasteiger partial charge in [0.25, 0.3) is 0 Å². The summed E-state index contributed by atoms with van der Waals surface area (Å²) in [4.78, 5) is 11.9. The average Bonchev–Trinajstić information content (AvgIpc) is 2.28. The number of carbonyl (C=O) groups is 1. The van der Waals surface area contributed by atoms with Gasteiger partial charge in [0, 0.05) is 11.5 Å². The second kappa shape index (κ2) is 5.66. The van der Waals surface area contributed by atoms with Crippen LogP contribution in [0.4, 0.5) is 0 Å². The Bertz CT molecular complexity index is 333. The average molecular weight is 205 g/mol. The van der Waals surface area contributed by atoms with E-state index in [-0.39, 0.29) is 11.7 Å². The summed E-state index contributed by atoms with van der Waals surface area (Å²) < 4.78 is 0. The van der Waals surface area contributed by atoms with E-state index in [1.54, 1.807) is 0 Å². The van der Waals surface area contributed by atoms with Crippen LogP contribution in [0.3, 0.4) is 0 Å². The van der Waals surface area contributed by atoms with Crippen LogP contribution in [0.2, 0.25) is 0 Å². The van der Waals surface area contributed by atoms with Crippen molar-refractivity contribution in [1.29, 1.82) is 0 Å². The molecule has 2 nitrogen and oxygen atoms in total. The van der Waals surface area contributed by atoms with Crippen molar-refractivity contribution in [1.82, 2.24) is 0 Å². The van der Waals surface area contributed by atoms with E-state index in [9.17, 15) is 4.79 Å². The van der Waals surface area contributed by atoms with Crippen LogP contribution >= 0.6 is 0 Å². The molecular weight excluding hydrogens is 186 g/mol. The second-order valence-corrected chi connectivity index (χ2v) is 3.90. The number of nitrogens with two attached hydrogens (primary N) is 1. The third kappa shape index (κ3) is 3.17. The Kier molecular flexibility index (Phi) is 4.50. The number of rotatable bonds is 5. The number of benzene rings is 1. The number of Topliss-reactive ketones (excluding diaryl/α,β-unsaturated/α-hetero) is 1. The highest BCUT2D eigenvalue weighted by Crippen LogP contribution is 2.13. The Morgan fingerprint density at radius 3 is 2.80 bits per heavy atom. The van der Waals surface area contributed by atoms with Gasteiger partial charge in [-0.2, -0.15) is 0 Å². The molecule has 2 heteroatoms. The molecule has 1 aromatic rings. The fraction of sp³-hybridized carbons (Fsp3) is 0.462. The Labute approximate surface area is 91.5 Å². The molecule has 0 radical (unpaired) electrons. The van der Waals surface area contributed by atoms with E-state index in [2.05, 4.69) is 6.92 Å². The highest BCUT2D eigenvalue weighted by atomic mass is 16.1. The van der Waals surface area contributed by atoms with Gasteiger partial charge in [0.2, 0.25) is 0 Å². The smallest absolute Gasteiger partial charge is 0.165 e. The summed E-state index contributed by atoms with van der Waals surface area (Å²) in [5.41, 5.74) is 7.47. The van der Waals surface area contributed by atoms with Gasteiger partial charge in [-0.15, -0.1) is 0 Å². The minimum absolute atomic E-state index is 0.0297. The predicted octanol–water partition coefficient (Wildman–Crippen LogP) is 2.42. The number of hydrogen-bond donors (Lipinski definition) is 1. The van der Waals surface area contributed by atoms with Crippen LogP contribution in [-0.2, 0) is 6.42 Å². The van der Waals surface area contributed by atoms with Gasteiger partial charge in [-0.05, 0) is 31.0 Å². The second-order valence-electron chi connectivity index (χ2n) is 3.90. The first-order valence-electron chi connectivity index (χ1n) is 5.52. The fourth-order valence-corrected chi connectivity index (χ4v) is 1.61. The summed E-state index contributed by atoms with van der Waals surface area (Å²) in [6.45, 7) is 4.60. The molecule has 2 N–H and O–H groups in total. The molecule has 0 aliphatic carbocycles. The molecule has 15 heavy (non-hydrogen) atoms. The molecule has 1 rings (SSSR count). The summed E-state index contributed by atoms with van der Waals surface area (Å²) in [6, 6.07) is 7.86. The van der Waals surface area contributed by atoms with E-state index < -0.39 is 0 Å². The van der Waals surface area contributed by atoms with Crippen molar-refractivity contribution in [3.8, 4) is 0 Å². The quantitative estimate of drug-likeness (QED) is 0.750.